The number of nitrogens with one attached hydrogen (secondary N) is 2. The normalized spacial score (nSPS) is 18.3. The Kier molecular flexibility index (Phi) is 5.80. The lowest BCUT2D eigenvalue weighted by molar-refractivity contribution is -0.117. The summed E-state index contributed by atoms with van der Waals surface area (Å²) in [5, 5.41) is 10.2. The van der Waals surface area contributed by atoms with E-state index in [-0.39, 0.29) is 11.9 Å². The quantitative estimate of drug-likeness (QED) is 0.786. The highest BCUT2D eigenvalue weighted by molar-refractivity contribution is 5.92. The standard InChI is InChI=1S/C21H28N6O2/c1-16(17-7-8-17)27-14-19(13-22-27)24-21(29)26-11-9-25(10-12-26)15-20(28)23-18-5-3-2-4-6-18/h2-6,13-14,16-17H,7-12,15H2,1H3,(H,23,28)(H,24,29). The van der Waals surface area contributed by atoms with E-state index < -0.39 is 0 Å². The molecule has 1 aliphatic carbocycles. The molecule has 3 amide bonds. The number of aromatic nitrogens is 2. The van der Waals surface area contributed by atoms with Gasteiger partial charge in [0.05, 0.1) is 24.5 Å². The van der Waals surface area contributed by atoms with Gasteiger partial charge in [0.1, 0.15) is 0 Å². The number of amides is 3. The molecule has 0 radical (unpaired) electrons. The van der Waals surface area contributed by atoms with Gasteiger partial charge in [-0.1, -0.05) is 18.2 Å². The molecular weight excluding hydrogens is 368 g/mol. The molecule has 0 spiro atoms. The molecule has 1 saturated carbocycles. The molecule has 1 atom stereocenters. The lowest BCUT2D eigenvalue weighted by Crippen LogP contribution is -2.51. The fourth-order valence-corrected chi connectivity index (χ4v) is 3.66. The van der Waals surface area contributed by atoms with Gasteiger partial charge >= 0.3 is 6.03 Å². The second kappa shape index (κ2) is 8.65. The number of piperazine rings is 1. The summed E-state index contributed by atoms with van der Waals surface area (Å²) in [6.07, 6.45) is 6.14. The molecule has 154 valence electrons. The number of benzene rings is 1. The minimum Gasteiger partial charge on any atom is -0.325 e. The minimum atomic E-state index is -0.114. The maximum atomic E-state index is 12.5. The van der Waals surface area contributed by atoms with E-state index in [1.165, 1.54) is 12.8 Å². The first-order chi connectivity index (χ1) is 14.1. The summed E-state index contributed by atoms with van der Waals surface area (Å²) in [6.45, 7) is 5.04. The molecule has 0 bridgehead atoms. The summed E-state index contributed by atoms with van der Waals surface area (Å²) < 4.78 is 1.94. The van der Waals surface area contributed by atoms with E-state index in [2.05, 4.69) is 27.6 Å². The molecule has 1 unspecified atom stereocenters. The zero-order valence-electron chi connectivity index (χ0n) is 16.8. The maximum Gasteiger partial charge on any atom is 0.322 e. The average Bonchev–Trinajstić information content (AvgIpc) is 3.47. The Bertz CT molecular complexity index is 840. The van der Waals surface area contributed by atoms with E-state index in [0.717, 1.165) is 11.4 Å². The molecule has 2 heterocycles. The fourth-order valence-electron chi connectivity index (χ4n) is 3.66. The number of carbonyl (C=O) groups excluding carboxylic acids is 2. The lowest BCUT2D eigenvalue weighted by atomic mass is 10.2. The van der Waals surface area contributed by atoms with Crippen LogP contribution in [0.1, 0.15) is 25.8 Å². The van der Waals surface area contributed by atoms with Crippen LogP contribution in [-0.4, -0.2) is 64.2 Å². The summed E-state index contributed by atoms with van der Waals surface area (Å²) in [7, 11) is 0. The molecule has 8 heteroatoms. The maximum absolute atomic E-state index is 12.5. The third-order valence-corrected chi connectivity index (χ3v) is 5.66. The van der Waals surface area contributed by atoms with Crippen molar-refractivity contribution in [1.29, 1.82) is 0 Å². The first-order valence-electron chi connectivity index (χ1n) is 10.3. The highest BCUT2D eigenvalue weighted by Gasteiger charge is 2.30. The molecule has 2 aliphatic rings. The van der Waals surface area contributed by atoms with Gasteiger partial charge in [-0.3, -0.25) is 14.4 Å². The van der Waals surface area contributed by atoms with Crippen molar-refractivity contribution in [2.45, 2.75) is 25.8 Å². The van der Waals surface area contributed by atoms with Crippen LogP contribution in [-0.2, 0) is 4.79 Å². The minimum absolute atomic E-state index is 0.0358. The fraction of sp³-hybridized carbons (Fsp3) is 0.476. The Hall–Kier alpha value is -2.87. The molecule has 2 fully saturated rings. The van der Waals surface area contributed by atoms with Crippen molar-refractivity contribution >= 4 is 23.3 Å². The van der Waals surface area contributed by atoms with Gasteiger partial charge in [0.25, 0.3) is 0 Å². The number of anilines is 2. The number of rotatable bonds is 6. The highest BCUT2D eigenvalue weighted by atomic mass is 16.2. The van der Waals surface area contributed by atoms with E-state index in [0.29, 0.717) is 44.7 Å². The summed E-state index contributed by atoms with van der Waals surface area (Å²) in [5.41, 5.74) is 1.53. The molecule has 29 heavy (non-hydrogen) atoms. The predicted octanol–water partition coefficient (Wildman–Crippen LogP) is 2.64. The zero-order valence-corrected chi connectivity index (χ0v) is 16.8. The first kappa shape index (κ1) is 19.4. The molecule has 1 aliphatic heterocycles. The van der Waals surface area contributed by atoms with Crippen molar-refractivity contribution in [1.82, 2.24) is 19.6 Å². The van der Waals surface area contributed by atoms with E-state index in [4.69, 9.17) is 0 Å². The van der Waals surface area contributed by atoms with E-state index in [1.807, 2.05) is 41.2 Å². The van der Waals surface area contributed by atoms with E-state index >= 15 is 0 Å². The lowest BCUT2D eigenvalue weighted by Gasteiger charge is -2.34. The molecule has 1 aromatic heterocycles. The number of hydrogen-bond acceptors (Lipinski definition) is 4. The highest BCUT2D eigenvalue weighted by Crippen LogP contribution is 2.39. The van der Waals surface area contributed by atoms with Crippen LogP contribution in [0.4, 0.5) is 16.2 Å². The van der Waals surface area contributed by atoms with Crippen LogP contribution in [0.2, 0.25) is 0 Å². The molecule has 2 aromatic rings. The molecule has 4 rings (SSSR count). The molecule has 2 N–H and O–H groups in total. The number of nitrogens with zero attached hydrogens (tertiary/aromatic N) is 4. The van der Waals surface area contributed by atoms with Crippen LogP contribution in [0.25, 0.3) is 0 Å². The topological polar surface area (TPSA) is 82.5 Å². The van der Waals surface area contributed by atoms with Gasteiger partial charge in [-0.05, 0) is 37.8 Å². The number of hydrogen-bond donors (Lipinski definition) is 2. The first-order valence-corrected chi connectivity index (χ1v) is 10.3. The third kappa shape index (κ3) is 5.14. The Morgan fingerprint density at radius 2 is 1.79 bits per heavy atom. The van der Waals surface area contributed by atoms with Gasteiger partial charge in [-0.25, -0.2) is 4.79 Å². The molecule has 1 saturated heterocycles. The summed E-state index contributed by atoms with van der Waals surface area (Å²) in [6, 6.07) is 9.70. The second-order valence-electron chi connectivity index (χ2n) is 7.89. The largest absolute Gasteiger partial charge is 0.325 e. The third-order valence-electron chi connectivity index (χ3n) is 5.66. The van der Waals surface area contributed by atoms with Crippen LogP contribution < -0.4 is 10.6 Å². The summed E-state index contributed by atoms with van der Waals surface area (Å²) in [5.74, 6) is 0.678. The van der Waals surface area contributed by atoms with Gasteiger partial charge < -0.3 is 15.5 Å². The van der Waals surface area contributed by atoms with E-state index in [9.17, 15) is 9.59 Å². The van der Waals surface area contributed by atoms with Crippen LogP contribution in [0.15, 0.2) is 42.7 Å². The number of para-hydroxylation sites is 1. The summed E-state index contributed by atoms with van der Waals surface area (Å²) in [4.78, 5) is 28.6. The molecule has 8 nitrogen and oxygen atoms in total. The second-order valence-corrected chi connectivity index (χ2v) is 7.89. The van der Waals surface area contributed by atoms with Crippen LogP contribution >= 0.6 is 0 Å². The van der Waals surface area contributed by atoms with Gasteiger partial charge in [0.2, 0.25) is 5.91 Å². The molecule has 1 aromatic carbocycles. The van der Waals surface area contributed by atoms with Crippen molar-refractivity contribution in [3.63, 3.8) is 0 Å². The predicted molar refractivity (Wildman–Crippen MR) is 112 cm³/mol. The number of urea groups is 1. The van der Waals surface area contributed by atoms with E-state index in [1.54, 1.807) is 11.1 Å². The monoisotopic (exact) mass is 396 g/mol. The van der Waals surface area contributed by atoms with Gasteiger partial charge in [0, 0.05) is 38.1 Å². The zero-order chi connectivity index (χ0) is 20.2. The SMILES string of the molecule is CC(C1CC1)n1cc(NC(=O)N2CCN(CC(=O)Nc3ccccc3)CC2)cn1. The van der Waals surface area contributed by atoms with Crippen molar-refractivity contribution in [3.05, 3.63) is 42.7 Å². The number of carbonyl (C=O) groups is 2. The van der Waals surface area contributed by atoms with Gasteiger partial charge in [-0.2, -0.15) is 5.10 Å². The van der Waals surface area contributed by atoms with Crippen molar-refractivity contribution in [3.8, 4) is 0 Å². The Morgan fingerprint density at radius 1 is 1.07 bits per heavy atom. The van der Waals surface area contributed by atoms with Crippen molar-refractivity contribution < 1.29 is 9.59 Å². The Labute approximate surface area is 170 Å². The Morgan fingerprint density at radius 3 is 2.48 bits per heavy atom. The smallest absolute Gasteiger partial charge is 0.322 e. The van der Waals surface area contributed by atoms with Crippen molar-refractivity contribution in [2.75, 3.05) is 43.4 Å². The van der Waals surface area contributed by atoms with Gasteiger partial charge in [0.15, 0.2) is 0 Å². The van der Waals surface area contributed by atoms with Crippen LogP contribution in [0.3, 0.4) is 0 Å². The van der Waals surface area contributed by atoms with Crippen LogP contribution in [0.5, 0.6) is 0 Å². The summed E-state index contributed by atoms with van der Waals surface area (Å²) >= 11 is 0. The van der Waals surface area contributed by atoms with Gasteiger partial charge in [-0.15, -0.1) is 0 Å². The average molecular weight is 396 g/mol. The Balaban J connectivity index is 1.21. The molecular formula is C21H28N6O2. The van der Waals surface area contributed by atoms with Crippen LogP contribution in [0, 0.1) is 5.92 Å². The van der Waals surface area contributed by atoms with Crippen molar-refractivity contribution in [2.24, 2.45) is 5.92 Å².